The largest absolute Gasteiger partial charge is 0.478 e. The van der Waals surface area contributed by atoms with Gasteiger partial charge in [-0.2, -0.15) is 0 Å². The summed E-state index contributed by atoms with van der Waals surface area (Å²) in [5.41, 5.74) is 0.619. The maximum Gasteiger partial charge on any atom is 0.335 e. The molecule has 2 rings (SSSR count). The third kappa shape index (κ3) is 3.79. The van der Waals surface area contributed by atoms with Gasteiger partial charge in [0.25, 0.3) is 0 Å². The molecular formula is C14H17NO4. The molecule has 1 amide bonds. The number of amides is 1. The first-order valence-electron chi connectivity index (χ1n) is 6.34. The molecule has 1 aromatic rings. The van der Waals surface area contributed by atoms with Crippen LogP contribution in [0.3, 0.4) is 0 Å². The van der Waals surface area contributed by atoms with Crippen molar-refractivity contribution in [2.75, 3.05) is 6.54 Å². The van der Waals surface area contributed by atoms with E-state index < -0.39 is 12.1 Å². The quantitative estimate of drug-likeness (QED) is 0.709. The van der Waals surface area contributed by atoms with Crippen molar-refractivity contribution in [2.45, 2.75) is 25.4 Å². The molecular weight excluding hydrogens is 246 g/mol. The van der Waals surface area contributed by atoms with Crippen molar-refractivity contribution >= 4 is 11.9 Å². The van der Waals surface area contributed by atoms with E-state index in [1.807, 2.05) is 0 Å². The molecule has 1 aliphatic rings. The molecule has 0 saturated heterocycles. The third-order valence-electron chi connectivity index (χ3n) is 3.27. The predicted molar refractivity (Wildman–Crippen MR) is 68.8 cm³/mol. The van der Waals surface area contributed by atoms with Crippen LogP contribution in [0.5, 0.6) is 0 Å². The lowest BCUT2D eigenvalue weighted by molar-refractivity contribution is -0.120. The minimum absolute atomic E-state index is 0.0137. The number of carboxylic acid groups (broad SMARTS) is 1. The summed E-state index contributed by atoms with van der Waals surface area (Å²) in [5, 5.41) is 21.3. The van der Waals surface area contributed by atoms with Crippen LogP contribution in [-0.2, 0) is 11.2 Å². The van der Waals surface area contributed by atoms with Crippen LogP contribution < -0.4 is 5.32 Å². The van der Waals surface area contributed by atoms with Gasteiger partial charge in [-0.25, -0.2) is 4.79 Å². The molecule has 5 heteroatoms. The molecule has 19 heavy (non-hydrogen) atoms. The zero-order valence-electron chi connectivity index (χ0n) is 10.5. The Balaban J connectivity index is 1.89. The van der Waals surface area contributed by atoms with Crippen LogP contribution in [0.2, 0.25) is 0 Å². The van der Waals surface area contributed by atoms with E-state index in [-0.39, 0.29) is 24.4 Å². The number of carbonyl (C=O) groups is 2. The average molecular weight is 263 g/mol. The molecule has 5 nitrogen and oxygen atoms in total. The molecule has 102 valence electrons. The molecule has 1 aromatic carbocycles. The van der Waals surface area contributed by atoms with Crippen molar-refractivity contribution in [1.29, 1.82) is 0 Å². The number of hydrogen-bond donors (Lipinski definition) is 3. The smallest absolute Gasteiger partial charge is 0.335 e. The Morgan fingerprint density at radius 3 is 2.63 bits per heavy atom. The highest BCUT2D eigenvalue weighted by atomic mass is 16.4. The van der Waals surface area contributed by atoms with Crippen LogP contribution in [0.4, 0.5) is 0 Å². The van der Waals surface area contributed by atoms with Crippen LogP contribution in [0, 0.1) is 5.92 Å². The predicted octanol–water partition coefficient (Wildman–Crippen LogP) is 0.814. The van der Waals surface area contributed by atoms with Crippen molar-refractivity contribution in [1.82, 2.24) is 5.32 Å². The summed E-state index contributed by atoms with van der Waals surface area (Å²) in [7, 11) is 0. The number of hydrogen-bond acceptors (Lipinski definition) is 3. The van der Waals surface area contributed by atoms with Gasteiger partial charge >= 0.3 is 5.97 Å². The van der Waals surface area contributed by atoms with Crippen molar-refractivity contribution < 1.29 is 19.8 Å². The summed E-state index contributed by atoms with van der Waals surface area (Å²) in [6.45, 7) is 0.235. The van der Waals surface area contributed by atoms with E-state index in [0.717, 1.165) is 12.8 Å². The number of benzene rings is 1. The van der Waals surface area contributed by atoms with E-state index in [9.17, 15) is 14.7 Å². The number of carbonyl (C=O) groups excluding carboxylic acids is 1. The Kier molecular flexibility index (Phi) is 4.16. The van der Waals surface area contributed by atoms with Crippen LogP contribution in [0.15, 0.2) is 24.3 Å². The molecule has 1 aliphatic carbocycles. The molecule has 0 aromatic heterocycles. The lowest BCUT2D eigenvalue weighted by atomic mass is 10.0. The topological polar surface area (TPSA) is 86.6 Å². The number of aliphatic hydroxyl groups excluding tert-OH is 1. The zero-order valence-corrected chi connectivity index (χ0v) is 10.5. The second-order valence-electron chi connectivity index (χ2n) is 4.85. The molecule has 0 spiro atoms. The van der Waals surface area contributed by atoms with Crippen LogP contribution in [-0.4, -0.2) is 34.7 Å². The lowest BCUT2D eigenvalue weighted by Crippen LogP contribution is -2.34. The standard InChI is InChI=1S/C14H17NO4/c16-12(9-5-6-9)8-15-13(17)7-10-3-1-2-4-11(10)14(18)19/h1-4,9,12,16H,5-8H2,(H,15,17)(H,18,19). The van der Waals surface area contributed by atoms with Gasteiger partial charge in [0, 0.05) is 6.54 Å². The first kappa shape index (κ1) is 13.5. The number of carboxylic acids is 1. The summed E-state index contributed by atoms with van der Waals surface area (Å²) in [6.07, 6.45) is 1.55. The fourth-order valence-electron chi connectivity index (χ4n) is 1.98. The fraction of sp³-hybridized carbons (Fsp3) is 0.429. The summed E-state index contributed by atoms with van der Waals surface area (Å²) in [5.74, 6) is -0.999. The van der Waals surface area contributed by atoms with Crippen LogP contribution in [0.1, 0.15) is 28.8 Å². The van der Waals surface area contributed by atoms with E-state index in [1.54, 1.807) is 18.2 Å². The molecule has 0 bridgehead atoms. The van der Waals surface area contributed by atoms with Gasteiger partial charge < -0.3 is 15.5 Å². The van der Waals surface area contributed by atoms with E-state index >= 15 is 0 Å². The van der Waals surface area contributed by atoms with Crippen molar-refractivity contribution in [3.05, 3.63) is 35.4 Å². The van der Waals surface area contributed by atoms with Gasteiger partial charge in [0.15, 0.2) is 0 Å². The van der Waals surface area contributed by atoms with Crippen LogP contribution in [0.25, 0.3) is 0 Å². The monoisotopic (exact) mass is 263 g/mol. The Labute approximate surface area is 111 Å². The summed E-state index contributed by atoms with van der Waals surface area (Å²) in [6, 6.07) is 6.43. The molecule has 1 fully saturated rings. The number of rotatable bonds is 6. The Bertz CT molecular complexity index is 482. The van der Waals surface area contributed by atoms with Gasteiger partial charge in [-0.05, 0) is 30.4 Å². The zero-order chi connectivity index (χ0) is 13.8. The van der Waals surface area contributed by atoms with E-state index in [0.29, 0.717) is 11.5 Å². The highest BCUT2D eigenvalue weighted by molar-refractivity contribution is 5.91. The van der Waals surface area contributed by atoms with Gasteiger partial charge in [-0.3, -0.25) is 4.79 Å². The van der Waals surface area contributed by atoms with Crippen LogP contribution >= 0.6 is 0 Å². The highest BCUT2D eigenvalue weighted by Gasteiger charge is 2.29. The maximum atomic E-state index is 11.7. The maximum absolute atomic E-state index is 11.7. The summed E-state index contributed by atoms with van der Waals surface area (Å²) < 4.78 is 0. The summed E-state index contributed by atoms with van der Waals surface area (Å²) >= 11 is 0. The normalized spacial score (nSPS) is 15.8. The van der Waals surface area contributed by atoms with Crippen molar-refractivity contribution in [3.63, 3.8) is 0 Å². The number of aliphatic hydroxyl groups is 1. The lowest BCUT2D eigenvalue weighted by Gasteiger charge is -2.11. The second kappa shape index (κ2) is 5.84. The third-order valence-corrected chi connectivity index (χ3v) is 3.27. The second-order valence-corrected chi connectivity index (χ2v) is 4.85. The van der Waals surface area contributed by atoms with E-state index in [1.165, 1.54) is 6.07 Å². The van der Waals surface area contributed by atoms with Crippen molar-refractivity contribution in [2.24, 2.45) is 5.92 Å². The summed E-state index contributed by atoms with van der Waals surface area (Å²) in [4.78, 5) is 22.7. The average Bonchev–Trinajstić information content (AvgIpc) is 3.20. The first-order valence-corrected chi connectivity index (χ1v) is 6.34. The Morgan fingerprint density at radius 2 is 2.00 bits per heavy atom. The molecule has 0 heterocycles. The first-order chi connectivity index (χ1) is 9.08. The molecule has 0 radical (unpaired) electrons. The van der Waals surface area contributed by atoms with E-state index in [4.69, 9.17) is 5.11 Å². The number of aromatic carboxylic acids is 1. The minimum Gasteiger partial charge on any atom is -0.478 e. The Morgan fingerprint density at radius 1 is 1.32 bits per heavy atom. The Hall–Kier alpha value is -1.88. The van der Waals surface area contributed by atoms with Gasteiger partial charge in [0.1, 0.15) is 0 Å². The van der Waals surface area contributed by atoms with E-state index in [2.05, 4.69) is 5.32 Å². The van der Waals surface area contributed by atoms with Gasteiger partial charge in [-0.15, -0.1) is 0 Å². The molecule has 1 atom stereocenters. The molecule has 3 N–H and O–H groups in total. The highest BCUT2D eigenvalue weighted by Crippen LogP contribution is 2.32. The molecule has 1 unspecified atom stereocenters. The fourth-order valence-corrected chi connectivity index (χ4v) is 1.98. The van der Waals surface area contributed by atoms with Crippen molar-refractivity contribution in [3.8, 4) is 0 Å². The van der Waals surface area contributed by atoms with Gasteiger partial charge in [-0.1, -0.05) is 18.2 Å². The van der Waals surface area contributed by atoms with Gasteiger partial charge in [0.2, 0.25) is 5.91 Å². The molecule has 0 aliphatic heterocycles. The SMILES string of the molecule is O=C(Cc1ccccc1C(=O)O)NCC(O)C1CC1. The number of nitrogens with one attached hydrogen (secondary N) is 1. The van der Waals surface area contributed by atoms with Gasteiger partial charge in [0.05, 0.1) is 18.1 Å². The minimum atomic E-state index is -1.04. The molecule has 1 saturated carbocycles.